The van der Waals surface area contributed by atoms with Gasteiger partial charge in [0.05, 0.1) is 0 Å². The lowest BCUT2D eigenvalue weighted by Gasteiger charge is -2.10. The van der Waals surface area contributed by atoms with Gasteiger partial charge in [0.2, 0.25) is 0 Å². The fourth-order valence-electron chi connectivity index (χ4n) is 2.52. The van der Waals surface area contributed by atoms with Crippen LogP contribution in [0.1, 0.15) is 28.1 Å². The van der Waals surface area contributed by atoms with Crippen molar-refractivity contribution < 1.29 is 4.74 Å². The number of thioether (sulfide) groups is 1. The second-order valence-corrected chi connectivity index (χ2v) is 7.17. The molecule has 0 fully saturated rings. The molecular weight excluding hydrogens is 330 g/mol. The van der Waals surface area contributed by atoms with Gasteiger partial charge in [0, 0.05) is 12.8 Å². The monoisotopic (exact) mass is 353 g/mol. The Morgan fingerprint density at radius 2 is 1.80 bits per heavy atom. The highest BCUT2D eigenvalue weighted by Gasteiger charge is 2.11. The molecule has 25 heavy (non-hydrogen) atoms. The van der Waals surface area contributed by atoms with Gasteiger partial charge in [-0.15, -0.1) is 10.2 Å². The molecule has 0 aliphatic carbocycles. The SMILES string of the molecule is Cc1ccc(C)c(OCc2nnc(SCc3ccccc3C)n2C)c1. The average molecular weight is 353 g/mol. The van der Waals surface area contributed by atoms with Crippen molar-refractivity contribution in [2.24, 2.45) is 7.05 Å². The first kappa shape index (κ1) is 17.5. The molecule has 130 valence electrons. The lowest BCUT2D eigenvalue weighted by molar-refractivity contribution is 0.288. The Kier molecular flexibility index (Phi) is 5.43. The van der Waals surface area contributed by atoms with Gasteiger partial charge in [0.25, 0.3) is 0 Å². The third kappa shape index (κ3) is 4.23. The van der Waals surface area contributed by atoms with Crippen LogP contribution in [0.25, 0.3) is 0 Å². The number of aromatic nitrogens is 3. The van der Waals surface area contributed by atoms with Crippen LogP contribution < -0.4 is 4.74 Å². The summed E-state index contributed by atoms with van der Waals surface area (Å²) in [5.41, 5.74) is 4.94. The van der Waals surface area contributed by atoms with Crippen molar-refractivity contribution in [2.75, 3.05) is 0 Å². The summed E-state index contributed by atoms with van der Waals surface area (Å²) in [5.74, 6) is 2.61. The number of rotatable bonds is 6. The fourth-order valence-corrected chi connectivity index (χ4v) is 3.52. The lowest BCUT2D eigenvalue weighted by Crippen LogP contribution is -2.05. The molecule has 1 heterocycles. The van der Waals surface area contributed by atoms with Gasteiger partial charge in [-0.3, -0.25) is 0 Å². The maximum atomic E-state index is 5.95. The molecule has 1 aromatic heterocycles. The highest BCUT2D eigenvalue weighted by Crippen LogP contribution is 2.24. The Labute approximate surface area is 153 Å². The van der Waals surface area contributed by atoms with Crippen molar-refractivity contribution in [3.8, 4) is 5.75 Å². The van der Waals surface area contributed by atoms with Gasteiger partial charge in [-0.05, 0) is 49.1 Å². The van der Waals surface area contributed by atoms with Crippen LogP contribution in [0.2, 0.25) is 0 Å². The van der Waals surface area contributed by atoms with E-state index < -0.39 is 0 Å². The summed E-state index contributed by atoms with van der Waals surface area (Å²) in [6.07, 6.45) is 0. The van der Waals surface area contributed by atoms with Gasteiger partial charge in [0.1, 0.15) is 12.4 Å². The molecule has 0 bridgehead atoms. The molecule has 0 radical (unpaired) electrons. The van der Waals surface area contributed by atoms with E-state index in [0.29, 0.717) is 6.61 Å². The van der Waals surface area contributed by atoms with Crippen molar-refractivity contribution in [1.29, 1.82) is 0 Å². The molecular formula is C20H23N3OS. The minimum absolute atomic E-state index is 0.415. The Balaban J connectivity index is 1.65. The number of hydrogen-bond acceptors (Lipinski definition) is 4. The van der Waals surface area contributed by atoms with Gasteiger partial charge >= 0.3 is 0 Å². The molecule has 5 heteroatoms. The van der Waals surface area contributed by atoms with Crippen molar-refractivity contribution >= 4 is 11.8 Å². The summed E-state index contributed by atoms with van der Waals surface area (Å²) in [7, 11) is 1.99. The lowest BCUT2D eigenvalue weighted by atomic mass is 10.1. The highest BCUT2D eigenvalue weighted by molar-refractivity contribution is 7.98. The fraction of sp³-hybridized carbons (Fsp3) is 0.300. The molecule has 0 aliphatic rings. The smallest absolute Gasteiger partial charge is 0.191 e. The van der Waals surface area contributed by atoms with Gasteiger partial charge in [-0.2, -0.15) is 0 Å². The van der Waals surface area contributed by atoms with E-state index in [1.807, 2.05) is 11.6 Å². The maximum Gasteiger partial charge on any atom is 0.191 e. The standard InChI is InChI=1S/C20H23N3OS/c1-14-9-10-16(3)18(11-14)24-12-19-21-22-20(23(19)4)25-13-17-8-6-5-7-15(17)2/h5-11H,12-13H2,1-4H3. The van der Waals surface area contributed by atoms with E-state index >= 15 is 0 Å². The highest BCUT2D eigenvalue weighted by atomic mass is 32.2. The van der Waals surface area contributed by atoms with Crippen molar-refractivity contribution in [3.05, 3.63) is 70.5 Å². The molecule has 0 amide bonds. The largest absolute Gasteiger partial charge is 0.485 e. The first-order valence-electron chi connectivity index (χ1n) is 8.30. The first-order chi connectivity index (χ1) is 12.0. The van der Waals surface area contributed by atoms with Gasteiger partial charge in [0.15, 0.2) is 11.0 Å². The predicted octanol–water partition coefficient (Wildman–Crippen LogP) is 4.61. The van der Waals surface area contributed by atoms with Crippen LogP contribution in [-0.2, 0) is 19.4 Å². The van der Waals surface area contributed by atoms with Gasteiger partial charge < -0.3 is 9.30 Å². The number of ether oxygens (including phenoxy) is 1. The molecule has 0 saturated heterocycles. The zero-order valence-electron chi connectivity index (χ0n) is 15.1. The Morgan fingerprint density at radius 1 is 1.00 bits per heavy atom. The first-order valence-corrected chi connectivity index (χ1v) is 9.29. The van der Waals surface area contributed by atoms with Crippen LogP contribution in [0, 0.1) is 20.8 Å². The summed E-state index contributed by atoms with van der Waals surface area (Å²) < 4.78 is 7.96. The van der Waals surface area contributed by atoms with Gasteiger partial charge in [-0.25, -0.2) is 0 Å². The summed E-state index contributed by atoms with van der Waals surface area (Å²) in [6.45, 7) is 6.67. The van der Waals surface area contributed by atoms with Crippen molar-refractivity contribution in [3.63, 3.8) is 0 Å². The minimum Gasteiger partial charge on any atom is -0.485 e. The second-order valence-electron chi connectivity index (χ2n) is 6.23. The maximum absolute atomic E-state index is 5.95. The molecule has 0 spiro atoms. The Morgan fingerprint density at radius 3 is 2.60 bits per heavy atom. The van der Waals surface area contributed by atoms with E-state index in [1.165, 1.54) is 16.7 Å². The van der Waals surface area contributed by atoms with Crippen LogP contribution in [0.15, 0.2) is 47.6 Å². The number of aryl methyl sites for hydroxylation is 3. The van der Waals surface area contributed by atoms with E-state index in [2.05, 4.69) is 73.4 Å². The van der Waals surface area contributed by atoms with Crippen LogP contribution >= 0.6 is 11.8 Å². The summed E-state index contributed by atoms with van der Waals surface area (Å²) >= 11 is 1.70. The van der Waals surface area contributed by atoms with Crippen LogP contribution in [0.5, 0.6) is 5.75 Å². The molecule has 0 N–H and O–H groups in total. The second kappa shape index (κ2) is 7.74. The molecule has 0 unspecified atom stereocenters. The van der Waals surface area contributed by atoms with E-state index in [-0.39, 0.29) is 0 Å². The molecule has 4 nitrogen and oxygen atoms in total. The topological polar surface area (TPSA) is 39.9 Å². The molecule has 2 aromatic carbocycles. The van der Waals surface area contributed by atoms with E-state index in [0.717, 1.165) is 28.0 Å². The van der Waals surface area contributed by atoms with Crippen molar-refractivity contribution in [1.82, 2.24) is 14.8 Å². The predicted molar refractivity (Wildman–Crippen MR) is 102 cm³/mol. The van der Waals surface area contributed by atoms with Crippen LogP contribution in [-0.4, -0.2) is 14.8 Å². The zero-order chi connectivity index (χ0) is 17.8. The molecule has 3 aromatic rings. The van der Waals surface area contributed by atoms with Crippen LogP contribution in [0.4, 0.5) is 0 Å². The van der Waals surface area contributed by atoms with E-state index in [9.17, 15) is 0 Å². The molecule has 0 aliphatic heterocycles. The molecule has 0 saturated carbocycles. The van der Waals surface area contributed by atoms with E-state index in [4.69, 9.17) is 4.74 Å². The number of hydrogen-bond donors (Lipinski definition) is 0. The third-order valence-electron chi connectivity index (χ3n) is 4.24. The normalized spacial score (nSPS) is 10.9. The van der Waals surface area contributed by atoms with E-state index in [1.54, 1.807) is 11.8 Å². The van der Waals surface area contributed by atoms with Gasteiger partial charge in [-0.1, -0.05) is 48.2 Å². The van der Waals surface area contributed by atoms with Crippen molar-refractivity contribution in [2.45, 2.75) is 38.3 Å². The molecule has 3 rings (SSSR count). The Bertz CT molecular complexity index is 873. The number of benzene rings is 2. The summed E-state index contributed by atoms with van der Waals surface area (Å²) in [5, 5.41) is 9.50. The third-order valence-corrected chi connectivity index (χ3v) is 5.31. The average Bonchev–Trinajstić information content (AvgIpc) is 2.95. The van der Waals surface area contributed by atoms with Crippen LogP contribution in [0.3, 0.4) is 0 Å². The minimum atomic E-state index is 0.415. The molecule has 0 atom stereocenters. The Hall–Kier alpha value is -2.27. The summed E-state index contributed by atoms with van der Waals surface area (Å²) in [4.78, 5) is 0. The zero-order valence-corrected chi connectivity index (χ0v) is 15.9. The quantitative estimate of drug-likeness (QED) is 0.607. The number of nitrogens with zero attached hydrogens (tertiary/aromatic N) is 3. The summed E-state index contributed by atoms with van der Waals surface area (Å²) in [6, 6.07) is 14.6.